The number of phenols is 3. The molecular formula is C16H19NO3. The van der Waals surface area contributed by atoms with Crippen molar-refractivity contribution in [1.82, 2.24) is 5.32 Å². The van der Waals surface area contributed by atoms with Gasteiger partial charge in [0.2, 0.25) is 5.75 Å². The molecule has 4 heteroatoms. The zero-order valence-corrected chi connectivity index (χ0v) is 11.4. The lowest BCUT2D eigenvalue weighted by Crippen LogP contribution is -2.16. The van der Waals surface area contributed by atoms with Crippen LogP contribution < -0.4 is 5.32 Å². The summed E-state index contributed by atoms with van der Waals surface area (Å²) in [5.41, 5.74) is 3.06. The van der Waals surface area contributed by atoms with Crippen LogP contribution in [-0.4, -0.2) is 21.9 Å². The Kier molecular flexibility index (Phi) is 4.48. The molecule has 0 saturated carbocycles. The van der Waals surface area contributed by atoms with E-state index >= 15 is 0 Å². The van der Waals surface area contributed by atoms with Gasteiger partial charge in [0.05, 0.1) is 0 Å². The van der Waals surface area contributed by atoms with E-state index in [1.54, 1.807) is 6.07 Å². The highest BCUT2D eigenvalue weighted by Crippen LogP contribution is 2.36. The molecule has 106 valence electrons. The lowest BCUT2D eigenvalue weighted by Gasteiger charge is -2.09. The van der Waals surface area contributed by atoms with E-state index in [4.69, 9.17) is 0 Å². The second-order valence-electron chi connectivity index (χ2n) is 4.86. The molecule has 0 fully saturated rings. The van der Waals surface area contributed by atoms with Gasteiger partial charge in [-0.2, -0.15) is 0 Å². The van der Waals surface area contributed by atoms with E-state index in [0.717, 1.165) is 13.0 Å². The molecule has 0 heterocycles. The van der Waals surface area contributed by atoms with Crippen molar-refractivity contribution in [3.8, 4) is 17.2 Å². The molecule has 4 N–H and O–H groups in total. The Morgan fingerprint density at radius 3 is 2.55 bits per heavy atom. The SMILES string of the molecule is Cc1cccc(CCNCc2ccc(O)c(O)c2O)c1. The number of aromatic hydroxyl groups is 3. The van der Waals surface area contributed by atoms with Gasteiger partial charge < -0.3 is 20.6 Å². The third kappa shape index (κ3) is 3.42. The maximum Gasteiger partial charge on any atom is 0.200 e. The number of hydrogen-bond acceptors (Lipinski definition) is 4. The second kappa shape index (κ2) is 6.30. The summed E-state index contributed by atoms with van der Waals surface area (Å²) in [7, 11) is 0. The van der Waals surface area contributed by atoms with Crippen LogP contribution >= 0.6 is 0 Å². The summed E-state index contributed by atoms with van der Waals surface area (Å²) < 4.78 is 0. The first kappa shape index (κ1) is 14.2. The van der Waals surface area contributed by atoms with Gasteiger partial charge in [0.15, 0.2) is 11.5 Å². The molecule has 20 heavy (non-hydrogen) atoms. The van der Waals surface area contributed by atoms with Gasteiger partial charge in [-0.05, 0) is 31.5 Å². The molecule has 2 aromatic rings. The highest BCUT2D eigenvalue weighted by Gasteiger charge is 2.10. The molecule has 0 aromatic heterocycles. The predicted octanol–water partition coefficient (Wildman–Crippen LogP) is 2.44. The summed E-state index contributed by atoms with van der Waals surface area (Å²) in [6.45, 7) is 3.27. The molecule has 0 spiro atoms. The zero-order chi connectivity index (χ0) is 14.5. The highest BCUT2D eigenvalue weighted by molar-refractivity contribution is 5.52. The van der Waals surface area contributed by atoms with Gasteiger partial charge in [0.25, 0.3) is 0 Å². The van der Waals surface area contributed by atoms with Gasteiger partial charge in [-0.1, -0.05) is 35.9 Å². The Hall–Kier alpha value is -2.20. The summed E-state index contributed by atoms with van der Waals surface area (Å²) >= 11 is 0. The second-order valence-corrected chi connectivity index (χ2v) is 4.86. The average molecular weight is 273 g/mol. The largest absolute Gasteiger partial charge is 0.504 e. The molecular weight excluding hydrogens is 254 g/mol. The minimum absolute atomic E-state index is 0.270. The van der Waals surface area contributed by atoms with E-state index in [9.17, 15) is 15.3 Å². The van der Waals surface area contributed by atoms with Crippen LogP contribution in [0.5, 0.6) is 17.2 Å². The fraction of sp³-hybridized carbons (Fsp3) is 0.250. The van der Waals surface area contributed by atoms with Gasteiger partial charge >= 0.3 is 0 Å². The van der Waals surface area contributed by atoms with Crippen LogP contribution in [0.4, 0.5) is 0 Å². The van der Waals surface area contributed by atoms with Crippen molar-refractivity contribution in [1.29, 1.82) is 0 Å². The highest BCUT2D eigenvalue weighted by atomic mass is 16.3. The summed E-state index contributed by atoms with van der Waals surface area (Å²) in [6, 6.07) is 11.3. The molecule has 2 rings (SSSR count). The normalized spacial score (nSPS) is 10.7. The summed E-state index contributed by atoms with van der Waals surface area (Å²) in [4.78, 5) is 0. The molecule has 4 nitrogen and oxygen atoms in total. The minimum atomic E-state index is -0.469. The number of hydrogen-bond donors (Lipinski definition) is 4. The Labute approximate surface area is 118 Å². The molecule has 0 aliphatic heterocycles. The first-order valence-corrected chi connectivity index (χ1v) is 6.57. The van der Waals surface area contributed by atoms with Gasteiger partial charge in [-0.15, -0.1) is 0 Å². The smallest absolute Gasteiger partial charge is 0.200 e. The van der Waals surface area contributed by atoms with Crippen LogP contribution in [0.1, 0.15) is 16.7 Å². The van der Waals surface area contributed by atoms with Crippen LogP contribution in [0, 0.1) is 6.92 Å². The van der Waals surface area contributed by atoms with Crippen LogP contribution in [0.15, 0.2) is 36.4 Å². The van der Waals surface area contributed by atoms with Crippen LogP contribution in [0.3, 0.4) is 0 Å². The van der Waals surface area contributed by atoms with Crippen molar-refractivity contribution in [2.45, 2.75) is 19.9 Å². The van der Waals surface area contributed by atoms with Gasteiger partial charge in [-0.25, -0.2) is 0 Å². The number of aryl methyl sites for hydroxylation is 1. The Morgan fingerprint density at radius 1 is 1.00 bits per heavy atom. The van der Waals surface area contributed by atoms with Crippen molar-refractivity contribution in [3.05, 3.63) is 53.1 Å². The molecule has 0 radical (unpaired) electrons. The Morgan fingerprint density at radius 2 is 1.80 bits per heavy atom. The molecule has 0 saturated heterocycles. The molecule has 0 amide bonds. The maximum absolute atomic E-state index is 9.68. The standard InChI is InChI=1S/C16H19NO3/c1-11-3-2-4-12(9-11)7-8-17-10-13-5-6-14(18)16(20)15(13)19/h2-6,9,17-20H,7-8,10H2,1H3. The number of nitrogens with one attached hydrogen (secondary N) is 1. The number of phenolic OH excluding ortho intramolecular Hbond substituents is 3. The Bertz CT molecular complexity index is 596. The van der Waals surface area contributed by atoms with Gasteiger partial charge in [0, 0.05) is 12.1 Å². The molecule has 0 atom stereocenters. The fourth-order valence-corrected chi connectivity index (χ4v) is 2.08. The van der Waals surface area contributed by atoms with E-state index in [1.807, 2.05) is 6.07 Å². The zero-order valence-electron chi connectivity index (χ0n) is 11.4. The molecule has 0 aliphatic carbocycles. The van der Waals surface area contributed by atoms with Gasteiger partial charge in [0.1, 0.15) is 0 Å². The van der Waals surface area contributed by atoms with Crippen LogP contribution in [0.2, 0.25) is 0 Å². The summed E-state index contributed by atoms with van der Waals surface area (Å²) in [5.74, 6) is -1.05. The number of rotatable bonds is 5. The van der Waals surface area contributed by atoms with Gasteiger partial charge in [-0.3, -0.25) is 0 Å². The van der Waals surface area contributed by atoms with E-state index in [-0.39, 0.29) is 11.5 Å². The quantitative estimate of drug-likeness (QED) is 0.499. The Balaban J connectivity index is 1.86. The summed E-state index contributed by atoms with van der Waals surface area (Å²) in [5, 5.41) is 31.6. The third-order valence-electron chi connectivity index (χ3n) is 3.20. The maximum atomic E-state index is 9.68. The first-order valence-electron chi connectivity index (χ1n) is 6.57. The molecule has 0 unspecified atom stereocenters. The minimum Gasteiger partial charge on any atom is -0.504 e. The van der Waals surface area contributed by atoms with Crippen LogP contribution in [-0.2, 0) is 13.0 Å². The average Bonchev–Trinajstić information content (AvgIpc) is 2.43. The lowest BCUT2D eigenvalue weighted by atomic mass is 10.1. The van der Waals surface area contributed by atoms with Crippen molar-refractivity contribution >= 4 is 0 Å². The molecule has 2 aromatic carbocycles. The predicted molar refractivity (Wildman–Crippen MR) is 78.0 cm³/mol. The van der Waals surface area contributed by atoms with Crippen LogP contribution in [0.25, 0.3) is 0 Å². The van der Waals surface area contributed by atoms with E-state index in [2.05, 4.69) is 30.4 Å². The van der Waals surface area contributed by atoms with E-state index in [0.29, 0.717) is 12.1 Å². The van der Waals surface area contributed by atoms with E-state index < -0.39 is 5.75 Å². The molecule has 0 bridgehead atoms. The fourth-order valence-electron chi connectivity index (χ4n) is 2.08. The van der Waals surface area contributed by atoms with Crippen molar-refractivity contribution in [2.75, 3.05) is 6.54 Å². The third-order valence-corrected chi connectivity index (χ3v) is 3.20. The van der Waals surface area contributed by atoms with E-state index in [1.165, 1.54) is 17.2 Å². The van der Waals surface area contributed by atoms with Crippen molar-refractivity contribution < 1.29 is 15.3 Å². The first-order chi connectivity index (χ1) is 9.58. The number of benzene rings is 2. The van der Waals surface area contributed by atoms with Crippen molar-refractivity contribution in [2.24, 2.45) is 0 Å². The monoisotopic (exact) mass is 273 g/mol. The molecule has 0 aliphatic rings. The topological polar surface area (TPSA) is 72.7 Å². The lowest BCUT2D eigenvalue weighted by molar-refractivity contribution is 0.364. The van der Waals surface area contributed by atoms with Crippen molar-refractivity contribution in [3.63, 3.8) is 0 Å². The summed E-state index contributed by atoms with van der Waals surface area (Å²) in [6.07, 6.45) is 0.895.